The van der Waals surface area contributed by atoms with Gasteiger partial charge in [0.05, 0.1) is 0 Å². The van der Waals surface area contributed by atoms with Crippen molar-refractivity contribution in [3.8, 4) is 5.75 Å². The molecule has 0 bridgehead atoms. The van der Waals surface area contributed by atoms with Crippen molar-refractivity contribution in [2.24, 2.45) is 0 Å². The van der Waals surface area contributed by atoms with Gasteiger partial charge in [-0.2, -0.15) is 0 Å². The number of hydrogen-bond donors (Lipinski definition) is 0. The maximum Gasteiger partial charge on any atom is 0.263 e. The molecule has 1 aliphatic heterocycles. The standard InChI is InChI=1S/C24H29FN2O2/c1-2-23(29-22-12-7-18-5-3-4-6-19(18)17-22)24(28)27-15-13-26(14-16-27)21-10-8-20(25)9-11-21/h7-12,17,23H,2-6,13-16H2,1H3/t23-/m1/s1. The highest BCUT2D eigenvalue weighted by atomic mass is 19.1. The quantitative estimate of drug-likeness (QED) is 0.759. The molecule has 0 saturated carbocycles. The molecule has 154 valence electrons. The predicted octanol–water partition coefficient (Wildman–Crippen LogP) is 4.21. The molecule has 1 aliphatic carbocycles. The van der Waals surface area contributed by atoms with Crippen LogP contribution in [0.15, 0.2) is 42.5 Å². The van der Waals surface area contributed by atoms with Crippen molar-refractivity contribution in [3.05, 3.63) is 59.4 Å². The summed E-state index contributed by atoms with van der Waals surface area (Å²) in [5, 5.41) is 0. The molecule has 2 aromatic rings. The molecular weight excluding hydrogens is 367 g/mol. The Morgan fingerprint density at radius 1 is 1.00 bits per heavy atom. The van der Waals surface area contributed by atoms with Crippen LogP contribution in [0.4, 0.5) is 10.1 Å². The van der Waals surface area contributed by atoms with Crippen LogP contribution in [-0.4, -0.2) is 43.1 Å². The number of nitrogens with zero attached hydrogens (tertiary/aromatic N) is 2. The first-order valence-electron chi connectivity index (χ1n) is 10.7. The van der Waals surface area contributed by atoms with E-state index < -0.39 is 6.10 Å². The first-order valence-corrected chi connectivity index (χ1v) is 10.7. The van der Waals surface area contributed by atoms with Crippen LogP contribution in [0, 0.1) is 5.82 Å². The average molecular weight is 397 g/mol. The highest BCUT2D eigenvalue weighted by Crippen LogP contribution is 2.26. The second-order valence-corrected chi connectivity index (χ2v) is 7.94. The summed E-state index contributed by atoms with van der Waals surface area (Å²) >= 11 is 0. The number of rotatable bonds is 5. The number of aryl methyl sites for hydroxylation is 2. The molecule has 5 heteroatoms. The first-order chi connectivity index (χ1) is 14.1. The Hall–Kier alpha value is -2.56. The van der Waals surface area contributed by atoms with Crippen LogP contribution >= 0.6 is 0 Å². The van der Waals surface area contributed by atoms with Gasteiger partial charge in [0.25, 0.3) is 5.91 Å². The highest BCUT2D eigenvalue weighted by molar-refractivity contribution is 5.81. The maximum absolute atomic E-state index is 13.1. The van der Waals surface area contributed by atoms with Crippen molar-refractivity contribution in [1.82, 2.24) is 4.90 Å². The predicted molar refractivity (Wildman–Crippen MR) is 113 cm³/mol. The lowest BCUT2D eigenvalue weighted by Gasteiger charge is -2.37. The summed E-state index contributed by atoms with van der Waals surface area (Å²) in [7, 11) is 0. The van der Waals surface area contributed by atoms with Gasteiger partial charge in [0.2, 0.25) is 0 Å². The molecule has 1 heterocycles. The van der Waals surface area contributed by atoms with Crippen molar-refractivity contribution in [1.29, 1.82) is 0 Å². The van der Waals surface area contributed by atoms with E-state index >= 15 is 0 Å². The van der Waals surface area contributed by atoms with Gasteiger partial charge in [-0.05, 0) is 79.6 Å². The van der Waals surface area contributed by atoms with Gasteiger partial charge >= 0.3 is 0 Å². The number of carbonyl (C=O) groups is 1. The molecule has 2 aliphatic rings. The number of ether oxygens (including phenoxy) is 1. The molecule has 1 fully saturated rings. The molecule has 0 aromatic heterocycles. The number of benzene rings is 2. The number of anilines is 1. The zero-order valence-electron chi connectivity index (χ0n) is 17.1. The molecule has 1 saturated heterocycles. The first kappa shape index (κ1) is 19.7. The van der Waals surface area contributed by atoms with Gasteiger partial charge in [0.1, 0.15) is 11.6 Å². The summed E-state index contributed by atoms with van der Waals surface area (Å²) < 4.78 is 19.3. The maximum atomic E-state index is 13.1. The monoisotopic (exact) mass is 396 g/mol. The van der Waals surface area contributed by atoms with Crippen LogP contribution in [0.1, 0.15) is 37.3 Å². The van der Waals surface area contributed by atoms with Gasteiger partial charge in [0.15, 0.2) is 6.10 Å². The average Bonchev–Trinajstić information content (AvgIpc) is 2.77. The minimum Gasteiger partial charge on any atom is -0.481 e. The van der Waals surface area contributed by atoms with E-state index in [1.807, 2.05) is 17.9 Å². The zero-order chi connectivity index (χ0) is 20.2. The molecule has 1 amide bonds. The van der Waals surface area contributed by atoms with Gasteiger partial charge in [-0.1, -0.05) is 13.0 Å². The van der Waals surface area contributed by atoms with Gasteiger partial charge < -0.3 is 14.5 Å². The van der Waals surface area contributed by atoms with Crippen molar-refractivity contribution in [2.45, 2.75) is 45.1 Å². The van der Waals surface area contributed by atoms with Gasteiger partial charge in [0, 0.05) is 31.9 Å². The van der Waals surface area contributed by atoms with Gasteiger partial charge in [-0.15, -0.1) is 0 Å². The fourth-order valence-corrected chi connectivity index (χ4v) is 4.30. The van der Waals surface area contributed by atoms with Crippen molar-refractivity contribution < 1.29 is 13.9 Å². The molecule has 4 rings (SSSR count). The van der Waals surface area contributed by atoms with E-state index in [2.05, 4.69) is 17.0 Å². The third-order valence-corrected chi connectivity index (χ3v) is 6.03. The van der Waals surface area contributed by atoms with E-state index in [0.717, 1.165) is 37.4 Å². The number of hydrogen-bond acceptors (Lipinski definition) is 3. The van der Waals surface area contributed by atoms with Crippen molar-refractivity contribution in [2.75, 3.05) is 31.1 Å². The Bertz CT molecular complexity index is 844. The summed E-state index contributed by atoms with van der Waals surface area (Å²) in [5.74, 6) is 0.632. The molecule has 0 unspecified atom stereocenters. The molecular formula is C24H29FN2O2. The Labute approximate surface area is 172 Å². The number of piperazine rings is 1. The lowest BCUT2D eigenvalue weighted by atomic mass is 9.92. The summed E-state index contributed by atoms with van der Waals surface area (Å²) in [6.07, 6.45) is 4.92. The van der Waals surface area contributed by atoms with E-state index in [0.29, 0.717) is 19.5 Å². The zero-order valence-corrected chi connectivity index (χ0v) is 17.1. The summed E-state index contributed by atoms with van der Waals surface area (Å²) in [6.45, 7) is 4.79. The number of fused-ring (bicyclic) bond motifs is 1. The van der Waals surface area contributed by atoms with Crippen molar-refractivity contribution >= 4 is 11.6 Å². The molecule has 0 spiro atoms. The Balaban J connectivity index is 1.36. The van der Waals surface area contributed by atoms with E-state index in [9.17, 15) is 9.18 Å². The number of amides is 1. The molecule has 0 N–H and O–H groups in total. The third-order valence-electron chi connectivity index (χ3n) is 6.03. The molecule has 4 nitrogen and oxygen atoms in total. The Morgan fingerprint density at radius 3 is 2.38 bits per heavy atom. The SMILES string of the molecule is CC[C@@H](Oc1ccc2c(c1)CCCC2)C(=O)N1CCN(c2ccc(F)cc2)CC1. The molecule has 2 aromatic carbocycles. The smallest absolute Gasteiger partial charge is 0.263 e. The summed E-state index contributed by atoms with van der Waals surface area (Å²) in [6, 6.07) is 12.8. The summed E-state index contributed by atoms with van der Waals surface area (Å²) in [5.41, 5.74) is 3.78. The van der Waals surface area contributed by atoms with Crippen LogP contribution in [0.2, 0.25) is 0 Å². The fourth-order valence-electron chi connectivity index (χ4n) is 4.30. The Kier molecular flexibility index (Phi) is 6.02. The number of carbonyl (C=O) groups excluding carboxylic acids is 1. The highest BCUT2D eigenvalue weighted by Gasteiger charge is 2.28. The van der Waals surface area contributed by atoms with Crippen LogP contribution in [0.3, 0.4) is 0 Å². The third kappa shape index (κ3) is 4.55. The van der Waals surface area contributed by atoms with Gasteiger partial charge in [-0.25, -0.2) is 4.39 Å². The van der Waals surface area contributed by atoms with E-state index in [1.54, 1.807) is 12.1 Å². The lowest BCUT2D eigenvalue weighted by molar-refractivity contribution is -0.139. The van der Waals surface area contributed by atoms with Crippen LogP contribution in [0.25, 0.3) is 0 Å². The van der Waals surface area contributed by atoms with Crippen LogP contribution in [0.5, 0.6) is 5.75 Å². The van der Waals surface area contributed by atoms with E-state index in [-0.39, 0.29) is 11.7 Å². The largest absolute Gasteiger partial charge is 0.481 e. The Morgan fingerprint density at radius 2 is 1.69 bits per heavy atom. The van der Waals surface area contributed by atoms with E-state index in [4.69, 9.17) is 4.74 Å². The van der Waals surface area contributed by atoms with Crippen LogP contribution < -0.4 is 9.64 Å². The minimum atomic E-state index is -0.450. The van der Waals surface area contributed by atoms with E-state index in [1.165, 1.54) is 36.1 Å². The molecule has 0 radical (unpaired) electrons. The van der Waals surface area contributed by atoms with Gasteiger partial charge in [-0.3, -0.25) is 4.79 Å². The molecule has 1 atom stereocenters. The van der Waals surface area contributed by atoms with Crippen molar-refractivity contribution in [3.63, 3.8) is 0 Å². The number of halogens is 1. The second-order valence-electron chi connectivity index (χ2n) is 7.94. The second kappa shape index (κ2) is 8.85. The topological polar surface area (TPSA) is 32.8 Å². The fraction of sp³-hybridized carbons (Fsp3) is 0.458. The molecule has 29 heavy (non-hydrogen) atoms. The lowest BCUT2D eigenvalue weighted by Crippen LogP contribution is -2.52. The minimum absolute atomic E-state index is 0.0592. The normalized spacial score (nSPS) is 17.6. The van der Waals surface area contributed by atoms with Crippen LogP contribution in [-0.2, 0) is 17.6 Å². The summed E-state index contributed by atoms with van der Waals surface area (Å²) in [4.78, 5) is 17.1.